The van der Waals surface area contributed by atoms with Crippen LogP contribution in [0.2, 0.25) is 0 Å². The molecular weight excluding hydrogens is 1930 g/mol. The summed E-state index contributed by atoms with van der Waals surface area (Å²) >= 11 is 0. The molecule has 0 radical (unpaired) electrons. The normalized spacial score (nSPS) is 20.0. The molecule has 6 rings (SSSR count). The lowest BCUT2D eigenvalue weighted by atomic mass is 9.86. The Labute approximate surface area is 847 Å². The van der Waals surface area contributed by atoms with E-state index in [0.717, 1.165) is 94.4 Å². The number of aliphatic hydroxyl groups is 4. The van der Waals surface area contributed by atoms with Crippen molar-refractivity contribution in [2.24, 2.45) is 71.0 Å². The van der Waals surface area contributed by atoms with Gasteiger partial charge in [-0.15, -0.1) is 13.2 Å². The second-order valence-corrected chi connectivity index (χ2v) is 34.5. The number of methoxy groups -OCH3 is 12. The van der Waals surface area contributed by atoms with Crippen LogP contribution in [-0.4, -0.2) is 304 Å². The van der Waals surface area contributed by atoms with Crippen LogP contribution in [0.25, 0.3) is 0 Å². The van der Waals surface area contributed by atoms with Gasteiger partial charge in [0, 0.05) is 34.5 Å². The Balaban J connectivity index is 0.000000889. The van der Waals surface area contributed by atoms with Gasteiger partial charge in [-0.2, -0.15) is 0 Å². The van der Waals surface area contributed by atoms with Gasteiger partial charge in [0.1, 0.15) is 41.5 Å². The topological polar surface area (TPSA) is 621 Å². The van der Waals surface area contributed by atoms with Crippen LogP contribution in [0.15, 0.2) is 72.3 Å². The molecule has 48 nitrogen and oxygen atoms in total. The molecule has 0 amide bonds. The minimum Gasteiger partial charge on any atom is -0.507 e. The summed E-state index contributed by atoms with van der Waals surface area (Å²) in [5.74, 6) is -22.4. The van der Waals surface area contributed by atoms with Crippen molar-refractivity contribution < 1.29 is 173 Å². The van der Waals surface area contributed by atoms with E-state index < -0.39 is 232 Å². The van der Waals surface area contributed by atoms with Gasteiger partial charge in [-0.25, -0.2) is 61.0 Å². The van der Waals surface area contributed by atoms with E-state index in [-0.39, 0.29) is 109 Å². The predicted octanol–water partition coefficient (Wildman–Crippen LogP) is 3.15. The number of unbranched alkanes of at least 4 members (excludes halogenated alkanes) is 6. The average molecular weight is 2090 g/mol. The molecular formula is C98H154N6O42. The summed E-state index contributed by atoms with van der Waals surface area (Å²) < 4.78 is 95.0. The van der Waals surface area contributed by atoms with Crippen LogP contribution in [0.1, 0.15) is 176 Å². The van der Waals surface area contributed by atoms with Gasteiger partial charge in [0.25, 0.3) is 0 Å². The van der Waals surface area contributed by atoms with Crippen LogP contribution in [-0.2, 0) is 177 Å². The highest BCUT2D eigenvalue weighted by molar-refractivity contribution is 5.96. The molecule has 0 bridgehead atoms. The molecule has 0 saturated heterocycles. The summed E-state index contributed by atoms with van der Waals surface area (Å²) in [5.41, 5.74) is -4.67. The Bertz CT molecular complexity index is 4560. The Morgan fingerprint density at radius 1 is 0.336 bits per heavy atom. The number of ether oxygens (including phenoxy) is 18. The van der Waals surface area contributed by atoms with Crippen LogP contribution in [0.5, 0.6) is 11.5 Å². The molecule has 828 valence electrons. The van der Waals surface area contributed by atoms with Crippen molar-refractivity contribution in [2.45, 2.75) is 254 Å². The second kappa shape index (κ2) is 69.9. The molecule has 0 spiro atoms. The molecule has 0 aliphatic heterocycles. The van der Waals surface area contributed by atoms with Gasteiger partial charge in [0.15, 0.2) is 0 Å². The number of hydrogen-bond donors (Lipinski definition) is 5. The smallest absolute Gasteiger partial charge is 0.341 e. The van der Waals surface area contributed by atoms with Crippen LogP contribution in [0, 0.1) is 71.0 Å². The fourth-order valence-corrected chi connectivity index (χ4v) is 16.1. The summed E-state index contributed by atoms with van der Waals surface area (Å²) in [6.45, 7) is 24.4. The number of rotatable bonds is 52. The number of carbonyl (C=O) groups is 13. The first kappa shape index (κ1) is 132. The number of aromatic nitrogens is 6. The van der Waals surface area contributed by atoms with E-state index in [9.17, 15) is 117 Å². The fourth-order valence-electron chi connectivity index (χ4n) is 16.1. The molecule has 20 atom stereocenters. The third-order valence-corrected chi connectivity index (χ3v) is 23.8. The number of phenolic OH excluding ortho intramolecular Hbond substituents is 1. The number of allylic oxidation sites excluding steroid dienone is 2. The second-order valence-electron chi connectivity index (χ2n) is 34.5. The largest absolute Gasteiger partial charge is 0.507 e. The minimum atomic E-state index is -1.26. The summed E-state index contributed by atoms with van der Waals surface area (Å²) in [5, 5.41) is 48.2. The highest BCUT2D eigenvalue weighted by Crippen LogP contribution is 2.48. The van der Waals surface area contributed by atoms with E-state index in [1.54, 1.807) is 61.5 Å². The van der Waals surface area contributed by atoms with Gasteiger partial charge in [-0.05, 0) is 97.6 Å². The highest BCUT2D eigenvalue weighted by Gasteiger charge is 2.61. The maximum atomic E-state index is 12.9. The molecule has 2 aromatic heterocycles. The molecule has 3 aromatic rings. The van der Waals surface area contributed by atoms with E-state index in [2.05, 4.69) is 31.7 Å². The van der Waals surface area contributed by atoms with Crippen molar-refractivity contribution in [1.29, 1.82) is 0 Å². The molecule has 20 unspecified atom stereocenters. The first-order valence-corrected chi connectivity index (χ1v) is 48.1. The van der Waals surface area contributed by atoms with Crippen molar-refractivity contribution in [1.82, 2.24) is 27.4 Å². The summed E-state index contributed by atoms with van der Waals surface area (Å²) in [6.07, 6.45) is 5.41. The number of aromatic hydroxyl groups is 1. The number of benzene rings is 1. The van der Waals surface area contributed by atoms with Gasteiger partial charge in [-0.1, -0.05) is 92.2 Å². The van der Waals surface area contributed by atoms with Gasteiger partial charge in [0.05, 0.1) is 231 Å². The highest BCUT2D eigenvalue weighted by atomic mass is 16.6. The first-order chi connectivity index (χ1) is 69.3. The van der Waals surface area contributed by atoms with Crippen molar-refractivity contribution in [3.8, 4) is 11.5 Å². The zero-order valence-electron chi connectivity index (χ0n) is 88.0. The Morgan fingerprint density at radius 2 is 0.568 bits per heavy atom. The third kappa shape index (κ3) is 40.3. The zero-order valence-corrected chi connectivity index (χ0v) is 88.0. The van der Waals surface area contributed by atoms with E-state index >= 15 is 0 Å². The number of nitrogens with zero attached hydrogens (tertiary/aromatic N) is 6. The molecule has 3 aliphatic rings. The number of carbonyl (C=O) groups excluding carboxylic acids is 13. The number of phenols is 1. The lowest BCUT2D eigenvalue weighted by molar-refractivity contribution is -0.173. The Morgan fingerprint density at radius 3 is 0.760 bits per heavy atom. The summed E-state index contributed by atoms with van der Waals surface area (Å²) in [4.78, 5) is 236. The molecule has 3 saturated carbocycles. The van der Waals surface area contributed by atoms with E-state index in [0.29, 0.717) is 44.3 Å². The summed E-state index contributed by atoms with van der Waals surface area (Å²) in [7, 11) is 15.6. The average Bonchev–Trinajstić information content (AvgIpc) is 1.71. The maximum absolute atomic E-state index is 12.9. The summed E-state index contributed by atoms with van der Waals surface area (Å²) in [6, 6.07) is 4.37. The SMILES string of the molecule is C=CCn1c(=O)n(CC(O)CC)c(=O)n(CC(O)CC)c1=O.C=CCn1c(=O)n(CC(O)CC)c(=O)n(CC(O)CC)c1=O.CCCCCCOC(=O)C1C(C(=O)OC)CC(C(=O)OC)C1C(=O)OCCCCCC.COC(=O)c1ccc(OC)cc1O.COCC(C)OC(=O)C1C(C(=O)OC)CC(C(=O)OC)C1C(=O)OC(C)COC.COCC(C)OC(=O)C1C(C(=O)OC)CC(C(=O)OC)C1C(=O)OC(C)COC. The first-order valence-electron chi connectivity index (χ1n) is 48.1. The number of esters is 13. The third-order valence-electron chi connectivity index (χ3n) is 23.8. The van der Waals surface area contributed by atoms with E-state index in [1.165, 1.54) is 81.2 Å². The van der Waals surface area contributed by atoms with Gasteiger partial charge < -0.3 is 111 Å². The Hall–Kier alpha value is -12.1. The van der Waals surface area contributed by atoms with E-state index in [4.69, 9.17) is 80.5 Å². The van der Waals surface area contributed by atoms with Crippen molar-refractivity contribution in [2.75, 3.05) is 125 Å². The van der Waals surface area contributed by atoms with Gasteiger partial charge >= 0.3 is 112 Å². The molecule has 1 aromatic carbocycles. The lowest BCUT2D eigenvalue weighted by Crippen LogP contribution is -2.56. The lowest BCUT2D eigenvalue weighted by Gasteiger charge is -2.25. The molecule has 2 heterocycles. The zero-order chi connectivity index (χ0) is 111. The molecule has 48 heteroatoms. The van der Waals surface area contributed by atoms with Crippen LogP contribution < -0.4 is 38.9 Å². The van der Waals surface area contributed by atoms with E-state index in [1.807, 2.05) is 0 Å². The predicted molar refractivity (Wildman–Crippen MR) is 518 cm³/mol. The van der Waals surface area contributed by atoms with Crippen LogP contribution in [0.3, 0.4) is 0 Å². The van der Waals surface area contributed by atoms with Crippen molar-refractivity contribution in [3.63, 3.8) is 0 Å². The molecule has 3 aliphatic carbocycles. The molecule has 3 fully saturated rings. The fraction of sp³-hybridized carbons (Fsp3) is 0.704. The molecule has 146 heavy (non-hydrogen) atoms. The van der Waals surface area contributed by atoms with Gasteiger partial charge in [-0.3, -0.25) is 57.5 Å². The van der Waals surface area contributed by atoms with Gasteiger partial charge in [0.2, 0.25) is 0 Å². The monoisotopic (exact) mass is 2090 g/mol. The quantitative estimate of drug-likeness (QED) is 0.0234. The Kier molecular flexibility index (Phi) is 63.1. The van der Waals surface area contributed by atoms with Crippen molar-refractivity contribution in [3.05, 3.63) is 112 Å². The number of hydrogen-bond acceptors (Lipinski definition) is 42. The van der Waals surface area contributed by atoms with Crippen LogP contribution in [0.4, 0.5) is 0 Å². The number of aliphatic hydroxyl groups excluding tert-OH is 4. The van der Waals surface area contributed by atoms with Crippen LogP contribution >= 0.6 is 0 Å². The molecule has 5 N–H and O–H groups in total. The maximum Gasteiger partial charge on any atom is 0.341 e. The standard InChI is InChI=1S/C23H38O8.2C19H30O10.2C14H23N3O5.C9H10O4/c1-5-7-9-11-13-30-22(26)18-16(20(24)28-3)15-17(21(25)29-4)19(18)23(27)31-14-12-10-8-6-2;2*1-10(8-24-3)28-18(22)14-12(16(20)26-5)7-13(17(21)27-6)15(14)19(23)29-11(2)9-25-4;2*1-4-7-15-12(20)16(8-10(18)5-2)14(22)17(13(15)21)9-11(19)6-3;1-12-6-3-4-7(8(10)5-6)9(11)13-2/h16-19H,5-15H2,1-4H3;2*10-15H,7-9H2,1-6H3;2*4,10-11,18-19H,1,5-9H2,2-3H3;3-5,10H,1-2H3. The van der Waals surface area contributed by atoms with Crippen molar-refractivity contribution >= 4 is 77.6 Å². The minimum absolute atomic E-state index is 0.0233.